The van der Waals surface area contributed by atoms with Gasteiger partial charge in [-0.3, -0.25) is 4.98 Å². The highest BCUT2D eigenvalue weighted by Gasteiger charge is 2.25. The minimum Gasteiger partial charge on any atom is -0.253 e. The van der Waals surface area contributed by atoms with Crippen molar-refractivity contribution in [3.05, 3.63) is 40.6 Å². The molecule has 4 nitrogen and oxygen atoms in total. The highest BCUT2D eigenvalue weighted by molar-refractivity contribution is 7.90. The van der Waals surface area contributed by atoms with E-state index in [0.717, 1.165) is 41.4 Å². The number of aromatic nitrogens is 1. The molecule has 1 unspecified atom stereocenters. The summed E-state index contributed by atoms with van der Waals surface area (Å²) >= 11 is 0. The highest BCUT2D eigenvalue weighted by atomic mass is 32.2. The van der Waals surface area contributed by atoms with Gasteiger partial charge < -0.3 is 0 Å². The van der Waals surface area contributed by atoms with Gasteiger partial charge in [-0.2, -0.15) is 5.26 Å². The van der Waals surface area contributed by atoms with E-state index in [1.54, 1.807) is 6.07 Å². The van der Waals surface area contributed by atoms with Gasteiger partial charge in [0.05, 0.1) is 22.9 Å². The Balaban J connectivity index is 2.06. The van der Waals surface area contributed by atoms with Gasteiger partial charge in [-0.25, -0.2) is 8.42 Å². The lowest BCUT2D eigenvalue weighted by Gasteiger charge is -2.25. The third-order valence-electron chi connectivity index (χ3n) is 4.41. The van der Waals surface area contributed by atoms with Gasteiger partial charge in [0.15, 0.2) is 0 Å². The molecule has 0 radical (unpaired) electrons. The van der Waals surface area contributed by atoms with Crippen LogP contribution in [0, 0.1) is 24.2 Å². The standard InChI is InChI=1S/C17H18N2O2S/c1-11-14-7-12(9-18)3-5-16(14)19-17-6-4-13(8-15(11)17)10-22(2,20)21/h3,5,7,13H,4,6,8,10H2,1-2H3. The van der Waals surface area contributed by atoms with Crippen molar-refractivity contribution in [3.63, 3.8) is 0 Å². The zero-order chi connectivity index (χ0) is 15.9. The predicted octanol–water partition coefficient (Wildman–Crippen LogP) is 2.56. The lowest BCUT2D eigenvalue weighted by molar-refractivity contribution is 0.486. The van der Waals surface area contributed by atoms with Crippen molar-refractivity contribution in [3.8, 4) is 6.07 Å². The Morgan fingerprint density at radius 3 is 2.86 bits per heavy atom. The van der Waals surface area contributed by atoms with E-state index >= 15 is 0 Å². The fourth-order valence-corrected chi connectivity index (χ4v) is 4.52. The van der Waals surface area contributed by atoms with Gasteiger partial charge in [0.2, 0.25) is 0 Å². The maximum atomic E-state index is 11.5. The smallest absolute Gasteiger partial charge is 0.147 e. The molecule has 0 amide bonds. The molecule has 3 rings (SSSR count). The van der Waals surface area contributed by atoms with Gasteiger partial charge in [0, 0.05) is 17.3 Å². The van der Waals surface area contributed by atoms with Gasteiger partial charge in [0.1, 0.15) is 9.84 Å². The summed E-state index contributed by atoms with van der Waals surface area (Å²) < 4.78 is 23.1. The Labute approximate surface area is 130 Å². The number of fused-ring (bicyclic) bond motifs is 2. The molecule has 114 valence electrons. The van der Waals surface area contributed by atoms with E-state index in [1.165, 1.54) is 11.8 Å². The Morgan fingerprint density at radius 2 is 2.18 bits per heavy atom. The molecule has 0 saturated carbocycles. The quantitative estimate of drug-likeness (QED) is 0.854. The summed E-state index contributed by atoms with van der Waals surface area (Å²) in [5.41, 5.74) is 4.93. The van der Waals surface area contributed by atoms with Crippen LogP contribution in [0.4, 0.5) is 0 Å². The summed E-state index contributed by atoms with van der Waals surface area (Å²) in [6, 6.07) is 7.71. The molecule has 1 heterocycles. The summed E-state index contributed by atoms with van der Waals surface area (Å²) in [6.07, 6.45) is 3.75. The van der Waals surface area contributed by atoms with Crippen molar-refractivity contribution in [1.29, 1.82) is 5.26 Å². The molecule has 0 bridgehead atoms. The molecular weight excluding hydrogens is 296 g/mol. The number of pyridine rings is 1. The van der Waals surface area contributed by atoms with Crippen LogP contribution in [0.15, 0.2) is 18.2 Å². The van der Waals surface area contributed by atoms with E-state index in [2.05, 4.69) is 6.07 Å². The summed E-state index contributed by atoms with van der Waals surface area (Å²) in [5, 5.41) is 10.1. The topological polar surface area (TPSA) is 70.8 Å². The third-order valence-corrected chi connectivity index (χ3v) is 5.48. The van der Waals surface area contributed by atoms with Crippen LogP contribution < -0.4 is 0 Å². The van der Waals surface area contributed by atoms with E-state index in [9.17, 15) is 8.42 Å². The minimum absolute atomic E-state index is 0.166. The lowest BCUT2D eigenvalue weighted by atomic mass is 9.84. The highest BCUT2D eigenvalue weighted by Crippen LogP contribution is 2.32. The van der Waals surface area contributed by atoms with Crippen molar-refractivity contribution < 1.29 is 8.42 Å². The second kappa shape index (κ2) is 5.36. The average Bonchev–Trinajstić information content (AvgIpc) is 2.46. The minimum atomic E-state index is -2.96. The van der Waals surface area contributed by atoms with E-state index in [0.29, 0.717) is 5.56 Å². The SMILES string of the molecule is Cc1c2c(nc3ccc(C#N)cc13)CCC(CS(C)(=O)=O)C2. The number of rotatable bonds is 2. The average molecular weight is 314 g/mol. The normalized spacial score (nSPS) is 18.0. The number of hydrogen-bond donors (Lipinski definition) is 0. The zero-order valence-electron chi connectivity index (χ0n) is 12.8. The van der Waals surface area contributed by atoms with Crippen LogP contribution in [0.3, 0.4) is 0 Å². The molecule has 1 aliphatic rings. The monoisotopic (exact) mass is 314 g/mol. The fraction of sp³-hybridized carbons (Fsp3) is 0.412. The summed E-state index contributed by atoms with van der Waals surface area (Å²) in [7, 11) is -2.96. The number of benzene rings is 1. The van der Waals surface area contributed by atoms with Gasteiger partial charge in [-0.15, -0.1) is 0 Å². The van der Waals surface area contributed by atoms with Crippen LogP contribution in [0.1, 0.15) is 28.8 Å². The molecule has 2 aromatic rings. The van der Waals surface area contributed by atoms with Gasteiger partial charge in [-0.1, -0.05) is 0 Å². The second-order valence-corrected chi connectivity index (χ2v) is 8.39. The first-order valence-electron chi connectivity index (χ1n) is 7.37. The van der Waals surface area contributed by atoms with Crippen molar-refractivity contribution in [2.45, 2.75) is 26.2 Å². The third kappa shape index (κ3) is 2.84. The Morgan fingerprint density at radius 1 is 1.41 bits per heavy atom. The maximum Gasteiger partial charge on any atom is 0.147 e. The number of aryl methyl sites for hydroxylation is 2. The van der Waals surface area contributed by atoms with Crippen molar-refractivity contribution in [1.82, 2.24) is 4.98 Å². The predicted molar refractivity (Wildman–Crippen MR) is 86.4 cm³/mol. The molecule has 0 aliphatic heterocycles. The van der Waals surface area contributed by atoms with Crippen molar-refractivity contribution >= 4 is 20.7 Å². The van der Waals surface area contributed by atoms with Crippen LogP contribution in [0.5, 0.6) is 0 Å². The molecule has 5 heteroatoms. The first-order chi connectivity index (χ1) is 10.4. The van der Waals surface area contributed by atoms with Crippen LogP contribution in [-0.2, 0) is 22.7 Å². The van der Waals surface area contributed by atoms with Gasteiger partial charge >= 0.3 is 0 Å². The molecule has 0 spiro atoms. The Hall–Kier alpha value is -1.93. The zero-order valence-corrected chi connectivity index (χ0v) is 13.6. The molecule has 1 atom stereocenters. The van der Waals surface area contributed by atoms with Crippen molar-refractivity contribution in [2.24, 2.45) is 5.92 Å². The first-order valence-corrected chi connectivity index (χ1v) is 9.43. The van der Waals surface area contributed by atoms with Crippen LogP contribution in [0.2, 0.25) is 0 Å². The van der Waals surface area contributed by atoms with Crippen LogP contribution in [-0.4, -0.2) is 25.4 Å². The number of hydrogen-bond acceptors (Lipinski definition) is 4. The molecule has 1 aliphatic carbocycles. The van der Waals surface area contributed by atoms with Gasteiger partial charge in [0.25, 0.3) is 0 Å². The summed E-state index contributed by atoms with van der Waals surface area (Å²) in [4.78, 5) is 4.72. The number of nitrogens with zero attached hydrogens (tertiary/aromatic N) is 2. The summed E-state index contributed by atoms with van der Waals surface area (Å²) in [6.45, 7) is 2.05. The maximum absolute atomic E-state index is 11.5. The molecule has 0 N–H and O–H groups in total. The van der Waals surface area contributed by atoms with Gasteiger partial charge in [-0.05, 0) is 61.4 Å². The molecule has 0 fully saturated rings. The van der Waals surface area contributed by atoms with E-state index in [1.807, 2.05) is 19.1 Å². The number of nitriles is 1. The largest absolute Gasteiger partial charge is 0.253 e. The molecule has 1 aromatic heterocycles. The van der Waals surface area contributed by atoms with E-state index in [-0.39, 0.29) is 11.7 Å². The fourth-order valence-electron chi connectivity index (χ4n) is 3.38. The lowest BCUT2D eigenvalue weighted by Crippen LogP contribution is -2.23. The molecule has 22 heavy (non-hydrogen) atoms. The Bertz CT molecular complexity index is 895. The molecule has 0 saturated heterocycles. The van der Waals surface area contributed by atoms with Crippen LogP contribution in [0.25, 0.3) is 10.9 Å². The van der Waals surface area contributed by atoms with Crippen molar-refractivity contribution in [2.75, 3.05) is 12.0 Å². The van der Waals surface area contributed by atoms with E-state index in [4.69, 9.17) is 10.2 Å². The van der Waals surface area contributed by atoms with Crippen LogP contribution >= 0.6 is 0 Å². The molecular formula is C17H18N2O2S. The Kier molecular flexibility index (Phi) is 3.65. The van der Waals surface area contributed by atoms with E-state index < -0.39 is 9.84 Å². The second-order valence-electron chi connectivity index (χ2n) is 6.21. The molecule has 1 aromatic carbocycles. The number of sulfone groups is 1. The first kappa shape index (κ1) is 15.0. The summed E-state index contributed by atoms with van der Waals surface area (Å²) in [5.74, 6) is 0.405.